The van der Waals surface area contributed by atoms with E-state index >= 15 is 0 Å². The Balaban J connectivity index is 2.24. The van der Waals surface area contributed by atoms with Crippen LogP contribution in [0.4, 0.5) is 0 Å². The molecule has 4 heteroatoms. The lowest BCUT2D eigenvalue weighted by Crippen LogP contribution is -2.67. The molecule has 1 fully saturated rings. The van der Waals surface area contributed by atoms with Crippen LogP contribution in [-0.2, 0) is 13.1 Å². The molecule has 120 valence electrons. The van der Waals surface area contributed by atoms with E-state index in [0.29, 0.717) is 0 Å². The van der Waals surface area contributed by atoms with Crippen LogP contribution in [0.3, 0.4) is 0 Å². The van der Waals surface area contributed by atoms with Gasteiger partial charge in [0.2, 0.25) is 0 Å². The summed E-state index contributed by atoms with van der Waals surface area (Å²) in [6.45, 7) is 17.7. The highest BCUT2D eigenvalue weighted by Crippen LogP contribution is 2.30. The van der Waals surface area contributed by atoms with Crippen LogP contribution >= 0.6 is 0 Å². The molecule has 2 rings (SSSR count). The number of piperazine rings is 1. The van der Waals surface area contributed by atoms with Gasteiger partial charge in [-0.2, -0.15) is 5.10 Å². The van der Waals surface area contributed by atoms with Gasteiger partial charge in [0.15, 0.2) is 0 Å². The summed E-state index contributed by atoms with van der Waals surface area (Å²) in [5, 5.41) is 8.37. The van der Waals surface area contributed by atoms with E-state index in [1.807, 2.05) is 0 Å². The van der Waals surface area contributed by atoms with E-state index in [0.717, 1.165) is 38.3 Å². The molecule has 0 saturated carbocycles. The summed E-state index contributed by atoms with van der Waals surface area (Å²) < 4.78 is 2.15. The number of aromatic nitrogens is 2. The molecule has 2 atom stereocenters. The zero-order valence-corrected chi connectivity index (χ0v) is 14.7. The average molecular weight is 292 g/mol. The summed E-state index contributed by atoms with van der Waals surface area (Å²) in [7, 11) is 0. The minimum Gasteiger partial charge on any atom is -0.308 e. The molecular weight excluding hydrogens is 260 g/mol. The Morgan fingerprint density at radius 3 is 2.52 bits per heavy atom. The maximum Gasteiger partial charge on any atom is 0.0597 e. The van der Waals surface area contributed by atoms with Crippen LogP contribution in [0, 0.1) is 6.92 Å². The number of rotatable bonds is 5. The van der Waals surface area contributed by atoms with Crippen LogP contribution in [0.2, 0.25) is 0 Å². The third-order valence-corrected chi connectivity index (χ3v) is 5.38. The van der Waals surface area contributed by atoms with Crippen LogP contribution in [0.5, 0.6) is 0 Å². The van der Waals surface area contributed by atoms with Gasteiger partial charge in [0, 0.05) is 37.3 Å². The molecule has 4 nitrogen and oxygen atoms in total. The zero-order chi connectivity index (χ0) is 15.7. The normalized spacial score (nSPS) is 30.8. The van der Waals surface area contributed by atoms with Crippen molar-refractivity contribution in [2.75, 3.05) is 13.1 Å². The van der Waals surface area contributed by atoms with Gasteiger partial charge in [0.1, 0.15) is 0 Å². The minimum absolute atomic E-state index is 0.223. The molecule has 0 aromatic carbocycles. The highest BCUT2D eigenvalue weighted by Gasteiger charge is 2.41. The maximum atomic E-state index is 4.60. The van der Waals surface area contributed by atoms with Crippen LogP contribution in [0.1, 0.15) is 58.8 Å². The minimum atomic E-state index is 0.223. The molecule has 1 N–H and O–H groups in total. The predicted molar refractivity (Wildman–Crippen MR) is 88.4 cm³/mol. The largest absolute Gasteiger partial charge is 0.308 e. The van der Waals surface area contributed by atoms with Crippen molar-refractivity contribution in [2.45, 2.75) is 78.6 Å². The highest BCUT2D eigenvalue weighted by atomic mass is 15.3. The molecule has 1 aromatic rings. The van der Waals surface area contributed by atoms with E-state index < -0.39 is 0 Å². The first-order valence-electron chi connectivity index (χ1n) is 8.39. The number of hydrogen-bond donors (Lipinski definition) is 1. The molecule has 0 bridgehead atoms. The number of aryl methyl sites for hydroxylation is 2. The molecule has 1 aromatic heterocycles. The zero-order valence-electron chi connectivity index (χ0n) is 14.7. The van der Waals surface area contributed by atoms with Crippen molar-refractivity contribution in [2.24, 2.45) is 0 Å². The summed E-state index contributed by atoms with van der Waals surface area (Å²) in [6.07, 6.45) is 2.33. The number of hydrogen-bond acceptors (Lipinski definition) is 3. The van der Waals surface area contributed by atoms with Crippen LogP contribution in [0.25, 0.3) is 0 Å². The van der Waals surface area contributed by atoms with Gasteiger partial charge in [-0.1, -0.05) is 13.8 Å². The van der Waals surface area contributed by atoms with E-state index in [4.69, 9.17) is 0 Å². The maximum absolute atomic E-state index is 4.60. The fourth-order valence-corrected chi connectivity index (χ4v) is 3.21. The first kappa shape index (κ1) is 16.5. The Bertz CT molecular complexity index is 481. The molecule has 0 aliphatic carbocycles. The number of nitrogens with zero attached hydrogens (tertiary/aromatic N) is 3. The van der Waals surface area contributed by atoms with E-state index in [1.165, 1.54) is 12.1 Å². The Morgan fingerprint density at radius 1 is 1.24 bits per heavy atom. The van der Waals surface area contributed by atoms with Crippen molar-refractivity contribution < 1.29 is 0 Å². The van der Waals surface area contributed by atoms with Crippen LogP contribution in [-0.4, -0.2) is 38.8 Å². The molecule has 21 heavy (non-hydrogen) atoms. The Hall–Kier alpha value is -0.870. The summed E-state index contributed by atoms with van der Waals surface area (Å²) in [5.74, 6) is 0. The molecule has 2 heterocycles. The van der Waals surface area contributed by atoms with E-state index in [9.17, 15) is 0 Å². The average Bonchev–Trinajstić information content (AvgIpc) is 2.83. The second-order valence-corrected chi connectivity index (χ2v) is 7.07. The molecule has 1 aliphatic rings. The molecule has 0 spiro atoms. The van der Waals surface area contributed by atoms with Crippen molar-refractivity contribution in [1.29, 1.82) is 0 Å². The van der Waals surface area contributed by atoms with Crippen molar-refractivity contribution in [3.63, 3.8) is 0 Å². The Morgan fingerprint density at radius 2 is 1.95 bits per heavy atom. The van der Waals surface area contributed by atoms with Crippen LogP contribution < -0.4 is 5.32 Å². The van der Waals surface area contributed by atoms with Gasteiger partial charge in [0.05, 0.1) is 11.4 Å². The van der Waals surface area contributed by atoms with Gasteiger partial charge in [-0.3, -0.25) is 9.58 Å². The SMILES string of the molecule is CCn1nc(C)cc1CN1CC(C)(CC)NCC1(C)CC. The van der Waals surface area contributed by atoms with Crippen molar-refractivity contribution in [3.05, 3.63) is 17.5 Å². The lowest BCUT2D eigenvalue weighted by molar-refractivity contribution is 0.00861. The molecule has 1 saturated heterocycles. The molecule has 0 amide bonds. The molecule has 1 aliphatic heterocycles. The standard InChI is InChI=1S/C17H32N4/c1-7-16(5)13-20(17(6,8-2)12-18-16)11-15-10-14(4)19-21(15)9-3/h10,18H,7-9,11-13H2,1-6H3. The molecule has 2 unspecified atom stereocenters. The van der Waals surface area contributed by atoms with Gasteiger partial charge in [-0.05, 0) is 46.6 Å². The summed E-state index contributed by atoms with van der Waals surface area (Å²) >= 11 is 0. The summed E-state index contributed by atoms with van der Waals surface area (Å²) in [6, 6.07) is 2.24. The second-order valence-electron chi connectivity index (χ2n) is 7.07. The van der Waals surface area contributed by atoms with Gasteiger partial charge in [-0.15, -0.1) is 0 Å². The van der Waals surface area contributed by atoms with Gasteiger partial charge < -0.3 is 5.32 Å². The lowest BCUT2D eigenvalue weighted by atomic mass is 9.85. The Kier molecular flexibility index (Phi) is 4.79. The van der Waals surface area contributed by atoms with E-state index in [1.54, 1.807) is 0 Å². The Labute approximate surface area is 129 Å². The first-order valence-corrected chi connectivity index (χ1v) is 8.39. The second kappa shape index (κ2) is 6.09. The molecule has 0 radical (unpaired) electrons. The smallest absolute Gasteiger partial charge is 0.0597 e. The lowest BCUT2D eigenvalue weighted by Gasteiger charge is -2.52. The monoisotopic (exact) mass is 292 g/mol. The third-order valence-electron chi connectivity index (χ3n) is 5.38. The van der Waals surface area contributed by atoms with Gasteiger partial charge >= 0.3 is 0 Å². The highest BCUT2D eigenvalue weighted by molar-refractivity contribution is 5.11. The fourth-order valence-electron chi connectivity index (χ4n) is 3.21. The van der Waals surface area contributed by atoms with Crippen LogP contribution in [0.15, 0.2) is 6.07 Å². The quantitative estimate of drug-likeness (QED) is 0.906. The van der Waals surface area contributed by atoms with Gasteiger partial charge in [-0.25, -0.2) is 0 Å². The van der Waals surface area contributed by atoms with E-state index in [-0.39, 0.29) is 11.1 Å². The third kappa shape index (κ3) is 3.32. The fraction of sp³-hybridized carbons (Fsp3) is 0.824. The first-order chi connectivity index (χ1) is 9.85. The number of nitrogens with one attached hydrogen (secondary N) is 1. The topological polar surface area (TPSA) is 33.1 Å². The van der Waals surface area contributed by atoms with Crippen molar-refractivity contribution >= 4 is 0 Å². The predicted octanol–water partition coefficient (Wildman–Crippen LogP) is 2.95. The van der Waals surface area contributed by atoms with Gasteiger partial charge in [0.25, 0.3) is 0 Å². The van der Waals surface area contributed by atoms with Crippen molar-refractivity contribution in [1.82, 2.24) is 20.0 Å². The van der Waals surface area contributed by atoms with Crippen molar-refractivity contribution in [3.8, 4) is 0 Å². The summed E-state index contributed by atoms with van der Waals surface area (Å²) in [5.41, 5.74) is 2.92. The van der Waals surface area contributed by atoms with E-state index in [2.05, 4.69) is 67.6 Å². The summed E-state index contributed by atoms with van der Waals surface area (Å²) in [4.78, 5) is 2.66. The molecular formula is C17H32N4.